The molecule has 0 radical (unpaired) electrons. The number of nitrogens with one attached hydrogen (secondary N) is 1. The highest BCUT2D eigenvalue weighted by Gasteiger charge is 2.32. The topological polar surface area (TPSA) is 58.6 Å². The van der Waals surface area contributed by atoms with Gasteiger partial charge in [0.2, 0.25) is 0 Å². The van der Waals surface area contributed by atoms with E-state index in [-0.39, 0.29) is 12.2 Å². The Balaban J connectivity index is 1.30. The van der Waals surface area contributed by atoms with Gasteiger partial charge in [-0.2, -0.15) is 0 Å². The number of guanidine groups is 1. The molecule has 4 rings (SSSR count). The monoisotopic (exact) mass is 416 g/mol. The summed E-state index contributed by atoms with van der Waals surface area (Å²) in [6, 6.07) is 8.85. The molecule has 1 aromatic carbocycles. The van der Waals surface area contributed by atoms with Crippen LogP contribution in [0.1, 0.15) is 30.9 Å². The van der Waals surface area contributed by atoms with Crippen LogP contribution in [0.3, 0.4) is 0 Å². The highest BCUT2D eigenvalue weighted by atomic mass is 16.5. The van der Waals surface area contributed by atoms with Crippen LogP contribution in [-0.4, -0.2) is 87.1 Å². The molecule has 1 aromatic rings. The molecule has 0 amide bonds. The van der Waals surface area contributed by atoms with E-state index in [1.54, 1.807) is 0 Å². The molecule has 30 heavy (non-hydrogen) atoms. The van der Waals surface area contributed by atoms with E-state index in [1.807, 2.05) is 7.05 Å². The number of hydrogen-bond acceptors (Lipinski definition) is 5. The van der Waals surface area contributed by atoms with Crippen molar-refractivity contribution in [3.63, 3.8) is 0 Å². The molecule has 7 nitrogen and oxygen atoms in total. The third kappa shape index (κ3) is 5.72. The first kappa shape index (κ1) is 21.6. The standard InChI is InChI=1S/C23H36N4O3/c1-18-15-26(8-11-28-18)16-20-6-3-5-19(13-20)14-25-23(24-2)27-9-12-30-22(17-27)21-7-4-10-29-21/h3,5-6,13,18,21-22H,4,7-12,14-17H2,1-2H3,(H,24,25). The van der Waals surface area contributed by atoms with Crippen molar-refractivity contribution in [1.82, 2.24) is 15.1 Å². The Bertz CT molecular complexity index is 707. The van der Waals surface area contributed by atoms with E-state index in [0.717, 1.165) is 77.9 Å². The van der Waals surface area contributed by atoms with Crippen molar-refractivity contribution >= 4 is 5.96 Å². The van der Waals surface area contributed by atoms with E-state index in [1.165, 1.54) is 11.1 Å². The van der Waals surface area contributed by atoms with Crippen LogP contribution in [0.25, 0.3) is 0 Å². The molecular weight excluding hydrogens is 380 g/mol. The maximum Gasteiger partial charge on any atom is 0.194 e. The summed E-state index contributed by atoms with van der Waals surface area (Å²) in [7, 11) is 1.86. The summed E-state index contributed by atoms with van der Waals surface area (Å²) in [5, 5.41) is 3.55. The summed E-state index contributed by atoms with van der Waals surface area (Å²) in [6.45, 7) is 9.98. The summed E-state index contributed by atoms with van der Waals surface area (Å²) in [6.07, 6.45) is 2.92. The van der Waals surface area contributed by atoms with Gasteiger partial charge in [-0.1, -0.05) is 24.3 Å². The molecule has 7 heteroatoms. The molecule has 0 aliphatic carbocycles. The minimum atomic E-state index is 0.138. The van der Waals surface area contributed by atoms with Crippen molar-refractivity contribution < 1.29 is 14.2 Å². The molecular formula is C23H36N4O3. The van der Waals surface area contributed by atoms with Gasteiger partial charge in [-0.3, -0.25) is 9.89 Å². The highest BCUT2D eigenvalue weighted by Crippen LogP contribution is 2.21. The molecule has 3 fully saturated rings. The van der Waals surface area contributed by atoms with E-state index in [0.29, 0.717) is 6.10 Å². The molecule has 0 spiro atoms. The van der Waals surface area contributed by atoms with E-state index in [4.69, 9.17) is 14.2 Å². The molecule has 0 aromatic heterocycles. The molecule has 3 atom stereocenters. The van der Waals surface area contributed by atoms with E-state index in [9.17, 15) is 0 Å². The van der Waals surface area contributed by atoms with E-state index in [2.05, 4.69) is 51.3 Å². The summed E-state index contributed by atoms with van der Waals surface area (Å²) < 4.78 is 17.5. The molecule has 166 valence electrons. The van der Waals surface area contributed by atoms with Crippen molar-refractivity contribution in [2.45, 2.75) is 51.2 Å². The lowest BCUT2D eigenvalue weighted by atomic mass is 10.1. The number of hydrogen-bond donors (Lipinski definition) is 1. The molecule has 0 saturated carbocycles. The average molecular weight is 417 g/mol. The van der Waals surface area contributed by atoms with Gasteiger partial charge < -0.3 is 24.4 Å². The van der Waals surface area contributed by atoms with Gasteiger partial charge in [0.15, 0.2) is 5.96 Å². The lowest BCUT2D eigenvalue weighted by Crippen LogP contribution is -2.53. The molecule has 3 unspecified atom stereocenters. The van der Waals surface area contributed by atoms with Gasteiger partial charge in [0.1, 0.15) is 6.10 Å². The van der Waals surface area contributed by atoms with Gasteiger partial charge >= 0.3 is 0 Å². The highest BCUT2D eigenvalue weighted by molar-refractivity contribution is 5.80. The minimum Gasteiger partial charge on any atom is -0.376 e. The van der Waals surface area contributed by atoms with Gasteiger partial charge in [-0.05, 0) is 30.9 Å². The smallest absolute Gasteiger partial charge is 0.194 e. The lowest BCUT2D eigenvalue weighted by Gasteiger charge is -2.37. The molecule has 3 aliphatic heterocycles. The Morgan fingerprint density at radius 1 is 1.07 bits per heavy atom. The minimum absolute atomic E-state index is 0.138. The van der Waals surface area contributed by atoms with Gasteiger partial charge in [0.25, 0.3) is 0 Å². The van der Waals surface area contributed by atoms with Crippen LogP contribution in [0.4, 0.5) is 0 Å². The van der Waals surface area contributed by atoms with E-state index >= 15 is 0 Å². The SMILES string of the molecule is CN=C(NCc1cccc(CN2CCOC(C)C2)c1)N1CCOC(C2CCCO2)C1. The molecule has 1 N–H and O–H groups in total. The normalized spacial score (nSPS) is 28.7. The van der Waals surface area contributed by atoms with Crippen LogP contribution < -0.4 is 5.32 Å². The van der Waals surface area contributed by atoms with Crippen LogP contribution in [0.2, 0.25) is 0 Å². The predicted octanol–water partition coefficient (Wildman–Crippen LogP) is 1.86. The lowest BCUT2D eigenvalue weighted by molar-refractivity contribution is -0.0817. The van der Waals surface area contributed by atoms with E-state index < -0.39 is 0 Å². The summed E-state index contributed by atoms with van der Waals surface area (Å²) in [5.74, 6) is 0.939. The maximum atomic E-state index is 5.98. The van der Waals surface area contributed by atoms with Gasteiger partial charge in [-0.15, -0.1) is 0 Å². The maximum absolute atomic E-state index is 5.98. The van der Waals surface area contributed by atoms with Crippen LogP contribution in [-0.2, 0) is 27.3 Å². The van der Waals surface area contributed by atoms with Crippen LogP contribution >= 0.6 is 0 Å². The van der Waals surface area contributed by atoms with Crippen molar-refractivity contribution in [1.29, 1.82) is 0 Å². The first-order valence-electron chi connectivity index (χ1n) is 11.3. The van der Waals surface area contributed by atoms with Gasteiger partial charge in [0, 0.05) is 52.9 Å². The van der Waals surface area contributed by atoms with Crippen molar-refractivity contribution in [2.24, 2.45) is 4.99 Å². The van der Waals surface area contributed by atoms with Crippen LogP contribution in [0, 0.1) is 0 Å². The Hall–Kier alpha value is -1.67. The number of benzene rings is 1. The number of nitrogens with zero attached hydrogens (tertiary/aromatic N) is 3. The first-order chi connectivity index (χ1) is 14.7. The Morgan fingerprint density at radius 3 is 2.70 bits per heavy atom. The number of rotatable bonds is 5. The zero-order valence-corrected chi connectivity index (χ0v) is 18.4. The Labute approximate surface area is 180 Å². The first-order valence-corrected chi connectivity index (χ1v) is 11.3. The molecule has 3 heterocycles. The summed E-state index contributed by atoms with van der Waals surface area (Å²) in [5.41, 5.74) is 2.63. The number of aliphatic imine (C=N–C) groups is 1. The number of morpholine rings is 2. The zero-order chi connectivity index (χ0) is 20.8. The fraction of sp³-hybridized carbons (Fsp3) is 0.696. The second kappa shape index (κ2) is 10.6. The Kier molecular flexibility index (Phi) is 7.60. The quantitative estimate of drug-likeness (QED) is 0.584. The van der Waals surface area contributed by atoms with Crippen LogP contribution in [0.15, 0.2) is 29.3 Å². The van der Waals surface area contributed by atoms with Gasteiger partial charge in [0.05, 0.1) is 25.4 Å². The third-order valence-corrected chi connectivity index (χ3v) is 6.16. The summed E-state index contributed by atoms with van der Waals surface area (Å²) >= 11 is 0. The zero-order valence-electron chi connectivity index (χ0n) is 18.4. The summed E-state index contributed by atoms with van der Waals surface area (Å²) in [4.78, 5) is 9.30. The molecule has 0 bridgehead atoms. The van der Waals surface area contributed by atoms with Gasteiger partial charge in [-0.25, -0.2) is 0 Å². The average Bonchev–Trinajstić information content (AvgIpc) is 3.30. The third-order valence-electron chi connectivity index (χ3n) is 6.16. The van der Waals surface area contributed by atoms with Crippen molar-refractivity contribution in [2.75, 3.05) is 53.0 Å². The second-order valence-electron chi connectivity index (χ2n) is 8.54. The van der Waals surface area contributed by atoms with Crippen LogP contribution in [0.5, 0.6) is 0 Å². The van der Waals surface area contributed by atoms with Crippen molar-refractivity contribution in [3.8, 4) is 0 Å². The fourth-order valence-electron chi connectivity index (χ4n) is 4.63. The molecule has 3 aliphatic rings. The largest absolute Gasteiger partial charge is 0.376 e. The molecule has 3 saturated heterocycles. The fourth-order valence-corrected chi connectivity index (χ4v) is 4.63. The van der Waals surface area contributed by atoms with Crippen molar-refractivity contribution in [3.05, 3.63) is 35.4 Å². The Morgan fingerprint density at radius 2 is 1.90 bits per heavy atom. The second-order valence-corrected chi connectivity index (χ2v) is 8.54. The number of ether oxygens (including phenoxy) is 3. The predicted molar refractivity (Wildman–Crippen MR) is 118 cm³/mol.